The topological polar surface area (TPSA) is 52.0 Å². The Labute approximate surface area is 89.8 Å². The van der Waals surface area contributed by atoms with Gasteiger partial charge in [-0.2, -0.15) is 0 Å². The Morgan fingerprint density at radius 2 is 2.20 bits per heavy atom. The van der Waals surface area contributed by atoms with Gasteiger partial charge in [-0.3, -0.25) is 0 Å². The molecule has 1 unspecified atom stereocenters. The molecule has 0 saturated carbocycles. The molecular weight excluding hydrogens is 192 g/mol. The summed E-state index contributed by atoms with van der Waals surface area (Å²) in [6.45, 7) is 7.99. The molecule has 0 bridgehead atoms. The van der Waals surface area contributed by atoms with E-state index in [1.54, 1.807) is 7.11 Å². The van der Waals surface area contributed by atoms with Gasteiger partial charge in [0.25, 0.3) is 0 Å². The van der Waals surface area contributed by atoms with E-state index in [0.29, 0.717) is 0 Å². The van der Waals surface area contributed by atoms with Gasteiger partial charge in [0.1, 0.15) is 11.4 Å². The molecule has 2 heterocycles. The summed E-state index contributed by atoms with van der Waals surface area (Å²) in [5.74, 6) is 1.91. The lowest BCUT2D eigenvalue weighted by Gasteiger charge is -2.27. The van der Waals surface area contributed by atoms with Gasteiger partial charge in [-0.05, 0) is 20.8 Å². The monoisotopic (exact) mass is 210 g/mol. The van der Waals surface area contributed by atoms with Crippen molar-refractivity contribution in [3.05, 3.63) is 11.6 Å². The molecule has 0 saturated heterocycles. The summed E-state index contributed by atoms with van der Waals surface area (Å²) in [7, 11) is 1.70. The third kappa shape index (κ3) is 1.66. The Bertz CT molecular complexity index is 358. The quantitative estimate of drug-likeness (QED) is 0.785. The average Bonchev–Trinajstić information content (AvgIpc) is 2.63. The average molecular weight is 210 g/mol. The maximum absolute atomic E-state index is 5.44. The zero-order chi connectivity index (χ0) is 11.1. The molecule has 1 aliphatic heterocycles. The van der Waals surface area contributed by atoms with E-state index >= 15 is 0 Å². The van der Waals surface area contributed by atoms with Crippen molar-refractivity contribution in [2.75, 3.05) is 13.7 Å². The lowest BCUT2D eigenvalue weighted by molar-refractivity contribution is 0.00769. The lowest BCUT2D eigenvalue weighted by Crippen LogP contribution is -2.35. The van der Waals surface area contributed by atoms with Gasteiger partial charge in [0.05, 0.1) is 6.04 Å². The van der Waals surface area contributed by atoms with E-state index in [2.05, 4.69) is 27.0 Å². The van der Waals surface area contributed by atoms with E-state index in [9.17, 15) is 0 Å². The Balaban J connectivity index is 2.43. The highest BCUT2D eigenvalue weighted by atomic mass is 16.5. The number of fused-ring (bicyclic) bond motifs is 1. The zero-order valence-electron chi connectivity index (χ0n) is 9.74. The third-order valence-corrected chi connectivity index (χ3v) is 3.00. The Morgan fingerprint density at radius 3 is 2.87 bits per heavy atom. The van der Waals surface area contributed by atoms with Crippen LogP contribution in [0.5, 0.6) is 0 Å². The van der Waals surface area contributed by atoms with E-state index in [-0.39, 0.29) is 11.6 Å². The van der Waals surface area contributed by atoms with Crippen molar-refractivity contribution in [1.82, 2.24) is 20.1 Å². The second kappa shape index (κ2) is 3.57. The first-order chi connectivity index (χ1) is 7.06. The number of rotatable bonds is 2. The van der Waals surface area contributed by atoms with Crippen LogP contribution in [-0.2, 0) is 16.9 Å². The zero-order valence-corrected chi connectivity index (χ0v) is 9.74. The Kier molecular flexibility index (Phi) is 2.52. The third-order valence-electron chi connectivity index (χ3n) is 3.00. The van der Waals surface area contributed by atoms with E-state index in [4.69, 9.17) is 4.74 Å². The molecule has 0 aromatic carbocycles. The molecule has 5 nitrogen and oxygen atoms in total. The van der Waals surface area contributed by atoms with Crippen molar-refractivity contribution >= 4 is 0 Å². The highest BCUT2D eigenvalue weighted by Crippen LogP contribution is 2.25. The number of methoxy groups -OCH3 is 1. The smallest absolute Gasteiger partial charge is 0.164 e. The minimum Gasteiger partial charge on any atom is -0.371 e. The summed E-state index contributed by atoms with van der Waals surface area (Å²) in [5.41, 5.74) is -0.373. The maximum Gasteiger partial charge on any atom is 0.164 e. The summed E-state index contributed by atoms with van der Waals surface area (Å²) in [6, 6.07) is 0.271. The van der Waals surface area contributed by atoms with Gasteiger partial charge in [-0.25, -0.2) is 0 Å². The SMILES string of the molecule is COC(C)(C)c1nnc2n1CCNC2C. The van der Waals surface area contributed by atoms with Gasteiger partial charge in [-0.1, -0.05) is 0 Å². The molecule has 0 fully saturated rings. The summed E-state index contributed by atoms with van der Waals surface area (Å²) < 4.78 is 7.60. The molecule has 0 spiro atoms. The van der Waals surface area contributed by atoms with E-state index in [1.807, 2.05) is 13.8 Å². The second-order valence-corrected chi connectivity index (χ2v) is 4.42. The van der Waals surface area contributed by atoms with Crippen LogP contribution >= 0.6 is 0 Å². The predicted molar refractivity (Wildman–Crippen MR) is 56.5 cm³/mol. The van der Waals surface area contributed by atoms with Gasteiger partial charge in [-0.15, -0.1) is 10.2 Å². The van der Waals surface area contributed by atoms with Crippen molar-refractivity contribution in [2.45, 2.75) is 39.0 Å². The normalized spacial score (nSPS) is 21.5. The van der Waals surface area contributed by atoms with Crippen LogP contribution in [0.1, 0.15) is 38.5 Å². The molecule has 1 aromatic heterocycles. The molecule has 0 amide bonds. The molecule has 0 radical (unpaired) electrons. The molecule has 0 aliphatic carbocycles. The Morgan fingerprint density at radius 1 is 1.47 bits per heavy atom. The van der Waals surface area contributed by atoms with Crippen LogP contribution in [0.4, 0.5) is 0 Å². The first kappa shape index (κ1) is 10.6. The van der Waals surface area contributed by atoms with Crippen LogP contribution in [0, 0.1) is 0 Å². The van der Waals surface area contributed by atoms with Crippen LogP contribution in [0.2, 0.25) is 0 Å². The second-order valence-electron chi connectivity index (χ2n) is 4.42. The summed E-state index contributed by atoms with van der Waals surface area (Å²) in [6.07, 6.45) is 0. The summed E-state index contributed by atoms with van der Waals surface area (Å²) in [5, 5.41) is 11.8. The van der Waals surface area contributed by atoms with Gasteiger partial charge in [0, 0.05) is 20.2 Å². The Hall–Kier alpha value is -0.940. The first-order valence-corrected chi connectivity index (χ1v) is 5.28. The van der Waals surface area contributed by atoms with Crippen LogP contribution in [0.25, 0.3) is 0 Å². The molecular formula is C10H18N4O. The largest absolute Gasteiger partial charge is 0.371 e. The fourth-order valence-electron chi connectivity index (χ4n) is 1.88. The molecule has 2 rings (SSSR count). The lowest BCUT2D eigenvalue weighted by atomic mass is 10.1. The fraction of sp³-hybridized carbons (Fsp3) is 0.800. The van der Waals surface area contributed by atoms with Crippen molar-refractivity contribution in [3.8, 4) is 0 Å². The number of aromatic nitrogens is 3. The molecule has 1 aromatic rings. The standard InChI is InChI=1S/C10H18N4O/c1-7-8-12-13-9(10(2,3)15-4)14(8)6-5-11-7/h7,11H,5-6H2,1-4H3. The van der Waals surface area contributed by atoms with Crippen molar-refractivity contribution in [3.63, 3.8) is 0 Å². The van der Waals surface area contributed by atoms with Crippen LogP contribution in [0.3, 0.4) is 0 Å². The molecule has 1 atom stereocenters. The maximum atomic E-state index is 5.44. The van der Waals surface area contributed by atoms with Gasteiger partial charge < -0.3 is 14.6 Å². The van der Waals surface area contributed by atoms with Crippen molar-refractivity contribution < 1.29 is 4.74 Å². The number of nitrogens with one attached hydrogen (secondary N) is 1. The van der Waals surface area contributed by atoms with E-state index < -0.39 is 0 Å². The molecule has 1 aliphatic rings. The number of nitrogens with zero attached hydrogens (tertiary/aromatic N) is 3. The van der Waals surface area contributed by atoms with Gasteiger partial charge in [0.2, 0.25) is 0 Å². The number of ether oxygens (including phenoxy) is 1. The molecule has 84 valence electrons. The fourth-order valence-corrected chi connectivity index (χ4v) is 1.88. The van der Waals surface area contributed by atoms with Gasteiger partial charge in [0.15, 0.2) is 5.82 Å². The van der Waals surface area contributed by atoms with Crippen LogP contribution in [0.15, 0.2) is 0 Å². The minimum absolute atomic E-state index is 0.271. The molecule has 15 heavy (non-hydrogen) atoms. The van der Waals surface area contributed by atoms with Crippen molar-refractivity contribution in [2.24, 2.45) is 0 Å². The van der Waals surface area contributed by atoms with Gasteiger partial charge >= 0.3 is 0 Å². The first-order valence-electron chi connectivity index (χ1n) is 5.28. The number of hydrogen-bond acceptors (Lipinski definition) is 4. The molecule has 1 N–H and O–H groups in total. The van der Waals surface area contributed by atoms with Crippen molar-refractivity contribution in [1.29, 1.82) is 0 Å². The summed E-state index contributed by atoms with van der Waals surface area (Å²) >= 11 is 0. The number of hydrogen-bond donors (Lipinski definition) is 1. The highest BCUT2D eigenvalue weighted by molar-refractivity contribution is 5.08. The minimum atomic E-state index is -0.373. The van der Waals surface area contributed by atoms with Crippen LogP contribution in [-0.4, -0.2) is 28.4 Å². The molecule has 5 heteroatoms. The van der Waals surface area contributed by atoms with E-state index in [1.165, 1.54) is 0 Å². The van der Waals surface area contributed by atoms with Crippen LogP contribution < -0.4 is 5.32 Å². The highest BCUT2D eigenvalue weighted by Gasteiger charge is 2.30. The predicted octanol–water partition coefficient (Wildman–Crippen LogP) is 0.824. The van der Waals surface area contributed by atoms with E-state index in [0.717, 1.165) is 24.7 Å². The summed E-state index contributed by atoms with van der Waals surface area (Å²) in [4.78, 5) is 0.